The van der Waals surface area contributed by atoms with Crippen molar-refractivity contribution in [2.24, 2.45) is 0 Å². The number of hydrogen-bond donors (Lipinski definition) is 2. The number of rotatable bonds is 3. The second-order valence-corrected chi connectivity index (χ2v) is 7.61. The lowest BCUT2D eigenvalue weighted by Gasteiger charge is -2.21. The van der Waals surface area contributed by atoms with Gasteiger partial charge in [-0.25, -0.2) is 13.2 Å². The van der Waals surface area contributed by atoms with Crippen molar-refractivity contribution in [1.29, 1.82) is 0 Å². The van der Waals surface area contributed by atoms with Gasteiger partial charge in [-0.2, -0.15) is 0 Å². The molecule has 8 heteroatoms. The molecule has 0 bridgehead atoms. The van der Waals surface area contributed by atoms with Crippen molar-refractivity contribution < 1.29 is 12.8 Å². The second kappa shape index (κ2) is 7.11. The Hall–Kier alpha value is -2.35. The van der Waals surface area contributed by atoms with Gasteiger partial charge in [0, 0.05) is 18.0 Å². The maximum absolute atomic E-state index is 12.8. The van der Waals surface area contributed by atoms with Gasteiger partial charge in [0.05, 0.1) is 10.6 Å². The van der Waals surface area contributed by atoms with Gasteiger partial charge in [-0.3, -0.25) is 4.72 Å². The minimum absolute atomic E-state index is 0. The van der Waals surface area contributed by atoms with Crippen LogP contribution in [-0.2, 0) is 23.0 Å². The van der Waals surface area contributed by atoms with E-state index in [4.69, 9.17) is 4.42 Å². The Balaban J connectivity index is 0.00000196. The summed E-state index contributed by atoms with van der Waals surface area (Å²) in [4.78, 5) is 11.4. The van der Waals surface area contributed by atoms with E-state index in [2.05, 4.69) is 10.0 Å². The highest BCUT2D eigenvalue weighted by atomic mass is 35.5. The van der Waals surface area contributed by atoms with Gasteiger partial charge in [0.15, 0.2) is 0 Å². The Kier molecular flexibility index (Phi) is 5.04. The molecule has 2 heterocycles. The molecule has 3 aromatic rings. The van der Waals surface area contributed by atoms with Gasteiger partial charge < -0.3 is 9.73 Å². The first-order valence-electron chi connectivity index (χ1n) is 7.91. The van der Waals surface area contributed by atoms with E-state index in [-0.39, 0.29) is 17.3 Å². The van der Waals surface area contributed by atoms with Crippen LogP contribution in [0.25, 0.3) is 11.0 Å². The topological polar surface area (TPSA) is 88.4 Å². The average Bonchev–Trinajstić information content (AvgIpc) is 2.61. The number of benzene rings is 2. The van der Waals surface area contributed by atoms with Crippen molar-refractivity contribution >= 4 is 39.1 Å². The van der Waals surface area contributed by atoms with Crippen LogP contribution >= 0.6 is 12.4 Å². The molecule has 6 nitrogen and oxygen atoms in total. The molecule has 4 rings (SSSR count). The Morgan fingerprint density at radius 3 is 2.77 bits per heavy atom. The fraction of sp³-hybridized carbons (Fsp3) is 0.167. The minimum Gasteiger partial charge on any atom is -0.423 e. The average molecular weight is 393 g/mol. The maximum atomic E-state index is 12.8. The molecule has 1 aliphatic rings. The van der Waals surface area contributed by atoms with Gasteiger partial charge in [0.1, 0.15) is 5.58 Å². The highest BCUT2D eigenvalue weighted by Gasteiger charge is 2.19. The summed E-state index contributed by atoms with van der Waals surface area (Å²) in [6.45, 7) is 1.56. The summed E-state index contributed by atoms with van der Waals surface area (Å²) in [5, 5.41) is 3.83. The molecule has 0 radical (unpaired) electrons. The standard InChI is InChI=1S/C18H16N2O4S.ClH/c21-18-7-4-12-10-14(5-6-17(12)24-18)25(22,23)20-16-3-1-2-13-11-19-9-8-15(13)16;/h1-7,10,19-20H,8-9,11H2;1H. The van der Waals surface area contributed by atoms with Gasteiger partial charge >= 0.3 is 5.63 Å². The number of anilines is 1. The number of sulfonamides is 1. The summed E-state index contributed by atoms with van der Waals surface area (Å²) >= 11 is 0. The van der Waals surface area contributed by atoms with Crippen LogP contribution in [0, 0.1) is 0 Å². The Morgan fingerprint density at radius 1 is 1.08 bits per heavy atom. The van der Waals surface area contributed by atoms with Crippen molar-refractivity contribution in [3.63, 3.8) is 0 Å². The van der Waals surface area contributed by atoms with Crippen molar-refractivity contribution in [2.45, 2.75) is 17.9 Å². The molecule has 0 fully saturated rings. The van der Waals surface area contributed by atoms with Gasteiger partial charge in [0.25, 0.3) is 10.0 Å². The summed E-state index contributed by atoms with van der Waals surface area (Å²) in [6, 6.07) is 12.9. The van der Waals surface area contributed by atoms with Crippen molar-refractivity contribution in [3.05, 3.63) is 70.1 Å². The molecule has 1 aromatic heterocycles. The molecule has 0 amide bonds. The lowest BCUT2D eigenvalue weighted by molar-refractivity contribution is 0.560. The molecule has 0 aliphatic carbocycles. The first kappa shape index (κ1) is 18.4. The number of nitrogens with one attached hydrogen (secondary N) is 2. The highest BCUT2D eigenvalue weighted by molar-refractivity contribution is 7.92. The third-order valence-corrected chi connectivity index (χ3v) is 5.65. The molecular formula is C18H17ClN2O4S. The van der Waals surface area contributed by atoms with E-state index in [0.29, 0.717) is 16.7 Å². The van der Waals surface area contributed by atoms with Crippen molar-refractivity contribution in [1.82, 2.24) is 5.32 Å². The van der Waals surface area contributed by atoms with E-state index < -0.39 is 15.6 Å². The fourth-order valence-electron chi connectivity index (χ4n) is 3.05. The Morgan fingerprint density at radius 2 is 1.92 bits per heavy atom. The quantitative estimate of drug-likeness (QED) is 0.669. The molecule has 26 heavy (non-hydrogen) atoms. The summed E-state index contributed by atoms with van der Waals surface area (Å²) < 4.78 is 33.3. The molecule has 0 saturated carbocycles. The van der Waals surface area contributed by atoms with Gasteiger partial charge in [-0.1, -0.05) is 12.1 Å². The van der Waals surface area contributed by atoms with Crippen LogP contribution in [0.1, 0.15) is 11.1 Å². The van der Waals surface area contributed by atoms with E-state index in [9.17, 15) is 13.2 Å². The third kappa shape index (κ3) is 3.46. The number of hydrogen-bond acceptors (Lipinski definition) is 5. The third-order valence-electron chi connectivity index (χ3n) is 4.29. The molecule has 136 valence electrons. The predicted molar refractivity (Wildman–Crippen MR) is 102 cm³/mol. The summed E-state index contributed by atoms with van der Waals surface area (Å²) in [5.41, 5.74) is 2.63. The Labute approximate surface area is 156 Å². The van der Waals surface area contributed by atoms with Crippen LogP contribution in [0.3, 0.4) is 0 Å². The van der Waals surface area contributed by atoms with E-state index in [1.807, 2.05) is 12.1 Å². The summed E-state index contributed by atoms with van der Waals surface area (Å²) in [7, 11) is -3.74. The monoisotopic (exact) mass is 392 g/mol. The first-order valence-corrected chi connectivity index (χ1v) is 9.39. The van der Waals surface area contributed by atoms with E-state index >= 15 is 0 Å². The molecule has 2 aromatic carbocycles. The minimum atomic E-state index is -3.74. The highest BCUT2D eigenvalue weighted by Crippen LogP contribution is 2.26. The predicted octanol–water partition coefficient (Wildman–Crippen LogP) is 2.66. The van der Waals surface area contributed by atoms with Crippen LogP contribution < -0.4 is 15.7 Å². The number of halogens is 1. The molecule has 2 N–H and O–H groups in total. The van der Waals surface area contributed by atoms with Crippen LogP contribution in [-0.4, -0.2) is 15.0 Å². The molecule has 1 aliphatic heterocycles. The second-order valence-electron chi connectivity index (χ2n) is 5.93. The zero-order valence-corrected chi connectivity index (χ0v) is 15.3. The van der Waals surface area contributed by atoms with E-state index in [1.165, 1.54) is 24.3 Å². The van der Waals surface area contributed by atoms with Gasteiger partial charge in [-0.15, -0.1) is 12.4 Å². The maximum Gasteiger partial charge on any atom is 0.336 e. The van der Waals surface area contributed by atoms with Crippen LogP contribution in [0.2, 0.25) is 0 Å². The zero-order valence-electron chi connectivity index (χ0n) is 13.7. The van der Waals surface area contributed by atoms with E-state index in [1.54, 1.807) is 12.1 Å². The van der Waals surface area contributed by atoms with Crippen molar-refractivity contribution in [2.75, 3.05) is 11.3 Å². The molecule has 0 saturated heterocycles. The molecule has 0 atom stereocenters. The first-order chi connectivity index (χ1) is 12.0. The summed E-state index contributed by atoms with van der Waals surface area (Å²) in [5.74, 6) is 0. The fourth-order valence-corrected chi connectivity index (χ4v) is 4.18. The lowest BCUT2D eigenvalue weighted by atomic mass is 9.99. The Bertz CT molecular complexity index is 1130. The number of fused-ring (bicyclic) bond motifs is 2. The summed E-state index contributed by atoms with van der Waals surface area (Å²) in [6.07, 6.45) is 0.775. The smallest absolute Gasteiger partial charge is 0.336 e. The van der Waals surface area contributed by atoms with Gasteiger partial charge in [0.2, 0.25) is 0 Å². The van der Waals surface area contributed by atoms with E-state index in [0.717, 1.165) is 30.6 Å². The van der Waals surface area contributed by atoms with Gasteiger partial charge in [-0.05, 0) is 54.4 Å². The van der Waals surface area contributed by atoms with Crippen LogP contribution in [0.5, 0.6) is 0 Å². The molecule has 0 unspecified atom stereocenters. The largest absolute Gasteiger partial charge is 0.423 e. The SMILES string of the molecule is Cl.O=c1ccc2cc(S(=O)(=O)Nc3cccc4c3CCNC4)ccc2o1. The van der Waals surface area contributed by atoms with Crippen molar-refractivity contribution in [3.8, 4) is 0 Å². The normalized spacial score (nSPS) is 13.7. The van der Waals surface area contributed by atoms with Crippen LogP contribution in [0.15, 0.2) is 62.6 Å². The zero-order chi connectivity index (χ0) is 17.4. The molecule has 0 spiro atoms. The molecular weight excluding hydrogens is 376 g/mol. The lowest BCUT2D eigenvalue weighted by Crippen LogP contribution is -2.25. The van der Waals surface area contributed by atoms with Crippen LogP contribution in [0.4, 0.5) is 5.69 Å².